The van der Waals surface area contributed by atoms with Crippen molar-refractivity contribution in [3.63, 3.8) is 0 Å². The number of fused-ring (bicyclic) bond motifs is 1. The number of anilines is 1. The quantitative estimate of drug-likeness (QED) is 0.712. The van der Waals surface area contributed by atoms with Crippen LogP contribution in [0.3, 0.4) is 0 Å². The Morgan fingerprint density at radius 1 is 0.962 bits per heavy atom. The third-order valence-corrected chi connectivity index (χ3v) is 5.20. The highest BCUT2D eigenvalue weighted by Crippen LogP contribution is 2.31. The first-order valence-corrected chi connectivity index (χ1v) is 9.30. The average molecular weight is 347 g/mol. The van der Waals surface area contributed by atoms with Gasteiger partial charge in [0.2, 0.25) is 0 Å². The van der Waals surface area contributed by atoms with Gasteiger partial charge in [0.25, 0.3) is 0 Å². The average Bonchev–Trinajstić information content (AvgIpc) is 2.73. The maximum absolute atomic E-state index is 5.39. The largest absolute Gasteiger partial charge is 0.497 e. The Balaban J connectivity index is 1.78. The second-order valence-electron chi connectivity index (χ2n) is 6.71. The molecule has 2 aromatic carbocycles. The smallest absolute Gasteiger partial charge is 0.137 e. The lowest BCUT2D eigenvalue weighted by atomic mass is 10.1. The molecular formula is C22H25N3O. The van der Waals surface area contributed by atoms with Crippen molar-refractivity contribution in [1.29, 1.82) is 0 Å². The van der Waals surface area contributed by atoms with Crippen LogP contribution >= 0.6 is 0 Å². The minimum atomic E-state index is 0.857. The van der Waals surface area contributed by atoms with Gasteiger partial charge < -0.3 is 14.5 Å². The molecule has 0 radical (unpaired) electrons. The normalized spacial score (nSPS) is 15.4. The van der Waals surface area contributed by atoms with E-state index >= 15 is 0 Å². The number of nitrogens with zero attached hydrogens (tertiary/aromatic N) is 3. The molecule has 2 heterocycles. The van der Waals surface area contributed by atoms with Crippen LogP contribution in [-0.4, -0.2) is 49.7 Å². The molecule has 4 nitrogen and oxygen atoms in total. The topological polar surface area (TPSA) is 28.6 Å². The maximum atomic E-state index is 5.39. The number of aromatic nitrogens is 1. The van der Waals surface area contributed by atoms with E-state index in [0.717, 1.165) is 55.5 Å². The van der Waals surface area contributed by atoms with Gasteiger partial charge in [0, 0.05) is 37.1 Å². The summed E-state index contributed by atoms with van der Waals surface area (Å²) in [5, 5.41) is 2.46. The molecule has 4 heteroatoms. The van der Waals surface area contributed by atoms with Crippen molar-refractivity contribution < 1.29 is 4.74 Å². The molecule has 0 saturated carbocycles. The van der Waals surface area contributed by atoms with E-state index in [0.29, 0.717) is 0 Å². The molecular weight excluding hydrogens is 322 g/mol. The van der Waals surface area contributed by atoms with Crippen molar-refractivity contribution in [2.24, 2.45) is 0 Å². The van der Waals surface area contributed by atoms with Gasteiger partial charge in [0.1, 0.15) is 11.6 Å². The molecule has 3 aromatic rings. The van der Waals surface area contributed by atoms with Crippen LogP contribution in [-0.2, 0) is 0 Å². The molecule has 1 saturated heterocycles. The second-order valence-corrected chi connectivity index (χ2v) is 6.71. The third-order valence-electron chi connectivity index (χ3n) is 5.20. The van der Waals surface area contributed by atoms with Crippen LogP contribution in [0.15, 0.2) is 54.6 Å². The number of pyridine rings is 1. The molecule has 1 fully saturated rings. The van der Waals surface area contributed by atoms with Crippen molar-refractivity contribution in [3.8, 4) is 17.0 Å². The van der Waals surface area contributed by atoms with Crippen LogP contribution in [0.1, 0.15) is 6.92 Å². The Bertz CT molecular complexity index is 901. The van der Waals surface area contributed by atoms with Gasteiger partial charge in [-0.1, -0.05) is 43.3 Å². The number of hydrogen-bond donors (Lipinski definition) is 0. The molecule has 1 aliphatic rings. The van der Waals surface area contributed by atoms with E-state index in [1.165, 1.54) is 10.8 Å². The Hall–Kier alpha value is -2.59. The van der Waals surface area contributed by atoms with E-state index in [1.807, 2.05) is 12.1 Å². The summed E-state index contributed by atoms with van der Waals surface area (Å²) in [6, 6.07) is 18.9. The van der Waals surface area contributed by atoms with Gasteiger partial charge in [-0.2, -0.15) is 0 Å². The molecule has 0 spiro atoms. The Morgan fingerprint density at radius 3 is 2.54 bits per heavy atom. The van der Waals surface area contributed by atoms with Gasteiger partial charge >= 0.3 is 0 Å². The first kappa shape index (κ1) is 16.9. The molecule has 4 rings (SSSR count). The second kappa shape index (κ2) is 7.34. The van der Waals surface area contributed by atoms with Gasteiger partial charge in [0.05, 0.1) is 12.8 Å². The summed E-state index contributed by atoms with van der Waals surface area (Å²) in [4.78, 5) is 9.99. The van der Waals surface area contributed by atoms with E-state index in [2.05, 4.69) is 59.2 Å². The third kappa shape index (κ3) is 3.25. The molecule has 0 bridgehead atoms. The van der Waals surface area contributed by atoms with E-state index in [1.54, 1.807) is 7.11 Å². The first-order chi connectivity index (χ1) is 12.8. The number of rotatable bonds is 4. The zero-order chi connectivity index (χ0) is 17.9. The zero-order valence-corrected chi connectivity index (χ0v) is 15.5. The molecule has 0 atom stereocenters. The summed E-state index contributed by atoms with van der Waals surface area (Å²) in [6.45, 7) is 7.57. The van der Waals surface area contributed by atoms with Gasteiger partial charge in [-0.05, 0) is 30.1 Å². The Kier molecular flexibility index (Phi) is 4.76. The lowest BCUT2D eigenvalue weighted by Crippen LogP contribution is -2.46. The summed E-state index contributed by atoms with van der Waals surface area (Å²) in [5.74, 6) is 1.95. The summed E-state index contributed by atoms with van der Waals surface area (Å²) in [6.07, 6.45) is 0. The highest BCUT2D eigenvalue weighted by atomic mass is 16.5. The van der Waals surface area contributed by atoms with Crippen molar-refractivity contribution in [2.75, 3.05) is 44.7 Å². The van der Waals surface area contributed by atoms with Gasteiger partial charge in [-0.15, -0.1) is 0 Å². The molecule has 0 aliphatic carbocycles. The van der Waals surface area contributed by atoms with E-state index in [4.69, 9.17) is 9.72 Å². The standard InChI is InChI=1S/C22H25N3O/c1-3-24-11-13-25(14-12-24)22-20-10-5-4-7-17(20)16-21(23-22)18-8-6-9-19(15-18)26-2/h4-10,15-16H,3,11-14H2,1-2H3. The molecule has 26 heavy (non-hydrogen) atoms. The van der Waals surface area contributed by atoms with Crippen LogP contribution in [0, 0.1) is 0 Å². The molecule has 1 aliphatic heterocycles. The Morgan fingerprint density at radius 2 is 1.77 bits per heavy atom. The number of piperazine rings is 1. The van der Waals surface area contributed by atoms with Crippen LogP contribution < -0.4 is 9.64 Å². The van der Waals surface area contributed by atoms with Crippen molar-refractivity contribution >= 4 is 16.6 Å². The van der Waals surface area contributed by atoms with Crippen LogP contribution in [0.25, 0.3) is 22.0 Å². The summed E-state index contributed by atoms with van der Waals surface area (Å²) >= 11 is 0. The van der Waals surface area contributed by atoms with Crippen LogP contribution in [0.4, 0.5) is 5.82 Å². The number of hydrogen-bond acceptors (Lipinski definition) is 4. The number of ether oxygens (including phenoxy) is 1. The molecule has 134 valence electrons. The minimum Gasteiger partial charge on any atom is -0.497 e. The number of methoxy groups -OCH3 is 1. The fraction of sp³-hybridized carbons (Fsp3) is 0.318. The van der Waals surface area contributed by atoms with Crippen molar-refractivity contribution in [1.82, 2.24) is 9.88 Å². The summed E-state index contributed by atoms with van der Waals surface area (Å²) < 4.78 is 5.39. The molecule has 0 unspecified atom stereocenters. The highest BCUT2D eigenvalue weighted by Gasteiger charge is 2.19. The monoisotopic (exact) mass is 347 g/mol. The molecule has 1 aromatic heterocycles. The summed E-state index contributed by atoms with van der Waals surface area (Å²) in [5.41, 5.74) is 2.08. The maximum Gasteiger partial charge on any atom is 0.137 e. The molecule has 0 amide bonds. The van der Waals surface area contributed by atoms with Crippen molar-refractivity contribution in [2.45, 2.75) is 6.92 Å². The first-order valence-electron chi connectivity index (χ1n) is 9.30. The highest BCUT2D eigenvalue weighted by molar-refractivity contribution is 5.95. The SMILES string of the molecule is CCN1CCN(c2nc(-c3cccc(OC)c3)cc3ccccc23)CC1. The number of likely N-dealkylation sites (N-methyl/N-ethyl adjacent to an activating group) is 1. The predicted octanol–water partition coefficient (Wildman–Crippen LogP) is 4.05. The predicted molar refractivity (Wildman–Crippen MR) is 108 cm³/mol. The van der Waals surface area contributed by atoms with Gasteiger partial charge in [0.15, 0.2) is 0 Å². The minimum absolute atomic E-state index is 0.857. The van der Waals surface area contributed by atoms with Gasteiger partial charge in [-0.25, -0.2) is 4.98 Å². The zero-order valence-electron chi connectivity index (χ0n) is 15.5. The molecule has 0 N–H and O–H groups in total. The van der Waals surface area contributed by atoms with Gasteiger partial charge in [-0.3, -0.25) is 0 Å². The fourth-order valence-corrected chi connectivity index (χ4v) is 3.63. The van der Waals surface area contributed by atoms with E-state index in [-0.39, 0.29) is 0 Å². The lowest BCUT2D eigenvalue weighted by molar-refractivity contribution is 0.271. The lowest BCUT2D eigenvalue weighted by Gasteiger charge is -2.35. The van der Waals surface area contributed by atoms with Crippen molar-refractivity contribution in [3.05, 3.63) is 54.6 Å². The summed E-state index contributed by atoms with van der Waals surface area (Å²) in [7, 11) is 1.70. The van der Waals surface area contributed by atoms with E-state index in [9.17, 15) is 0 Å². The fourth-order valence-electron chi connectivity index (χ4n) is 3.63. The van der Waals surface area contributed by atoms with Crippen LogP contribution in [0.2, 0.25) is 0 Å². The number of benzene rings is 2. The van der Waals surface area contributed by atoms with E-state index < -0.39 is 0 Å². The van der Waals surface area contributed by atoms with Crippen LogP contribution in [0.5, 0.6) is 5.75 Å². The Labute approximate surface area is 155 Å².